The summed E-state index contributed by atoms with van der Waals surface area (Å²) in [7, 11) is 1.88. The first kappa shape index (κ1) is 19.3. The number of fused-ring (bicyclic) bond motifs is 1. The molecule has 0 saturated carbocycles. The van der Waals surface area contributed by atoms with E-state index in [1.165, 1.54) is 16.7 Å². The molecule has 29 heavy (non-hydrogen) atoms. The molecule has 4 rings (SSSR count). The largest absolute Gasteiger partial charge is 0.341 e. The number of amides is 1. The lowest BCUT2D eigenvalue weighted by Crippen LogP contribution is -2.28. The van der Waals surface area contributed by atoms with Crippen molar-refractivity contribution in [3.8, 4) is 0 Å². The van der Waals surface area contributed by atoms with Gasteiger partial charge in [0.25, 0.3) is 0 Å². The van der Waals surface area contributed by atoms with Crippen LogP contribution in [0.5, 0.6) is 0 Å². The summed E-state index contributed by atoms with van der Waals surface area (Å²) in [5.41, 5.74) is 6.22. The van der Waals surface area contributed by atoms with Crippen molar-refractivity contribution in [3.05, 3.63) is 101 Å². The Kier molecular flexibility index (Phi) is 6.01. The molecule has 0 bridgehead atoms. The Balaban J connectivity index is 1.57. The maximum Gasteiger partial charge on any atom is 0.223 e. The lowest BCUT2D eigenvalue weighted by Gasteiger charge is -2.24. The van der Waals surface area contributed by atoms with E-state index in [0.29, 0.717) is 13.0 Å². The van der Waals surface area contributed by atoms with Crippen molar-refractivity contribution in [3.63, 3.8) is 0 Å². The van der Waals surface area contributed by atoms with E-state index in [2.05, 4.69) is 40.6 Å². The summed E-state index contributed by atoms with van der Waals surface area (Å²) >= 11 is 0. The van der Waals surface area contributed by atoms with Crippen LogP contribution in [0.3, 0.4) is 0 Å². The Morgan fingerprint density at radius 1 is 1.03 bits per heavy atom. The number of hydrogen-bond donors (Lipinski definition) is 1. The second-order valence-electron chi connectivity index (χ2n) is 7.73. The summed E-state index contributed by atoms with van der Waals surface area (Å²) in [6.07, 6.45) is 5.12. The monoisotopic (exact) mass is 385 g/mol. The highest BCUT2D eigenvalue weighted by Gasteiger charge is 2.22. The van der Waals surface area contributed by atoms with Crippen molar-refractivity contribution in [2.75, 3.05) is 13.6 Å². The molecule has 0 fully saturated rings. The molecule has 2 aromatic carbocycles. The molecule has 0 spiro atoms. The van der Waals surface area contributed by atoms with Crippen LogP contribution in [0.15, 0.2) is 73.1 Å². The zero-order valence-electron chi connectivity index (χ0n) is 16.8. The maximum atomic E-state index is 13.1. The average molecular weight is 386 g/mol. The van der Waals surface area contributed by atoms with Gasteiger partial charge in [-0.05, 0) is 52.9 Å². The zero-order valence-corrected chi connectivity index (χ0v) is 16.8. The van der Waals surface area contributed by atoms with E-state index >= 15 is 0 Å². The van der Waals surface area contributed by atoms with Crippen LogP contribution in [-0.4, -0.2) is 29.4 Å². The summed E-state index contributed by atoms with van der Waals surface area (Å²) in [5, 5.41) is 3.45. The van der Waals surface area contributed by atoms with Crippen LogP contribution in [0.25, 0.3) is 0 Å². The number of benzene rings is 2. The highest BCUT2D eigenvalue weighted by Crippen LogP contribution is 2.30. The molecule has 1 aromatic heterocycles. The summed E-state index contributed by atoms with van der Waals surface area (Å²) in [5.74, 6) is 0.169. The molecule has 1 atom stereocenters. The molecule has 0 radical (unpaired) electrons. The third kappa shape index (κ3) is 4.72. The first-order valence-corrected chi connectivity index (χ1v) is 10.2. The summed E-state index contributed by atoms with van der Waals surface area (Å²) in [6.45, 7) is 2.55. The Morgan fingerprint density at radius 3 is 2.62 bits per heavy atom. The number of rotatable bonds is 6. The third-order valence-corrected chi connectivity index (χ3v) is 5.69. The van der Waals surface area contributed by atoms with Gasteiger partial charge in [0.1, 0.15) is 0 Å². The van der Waals surface area contributed by atoms with Crippen molar-refractivity contribution in [2.45, 2.75) is 31.8 Å². The summed E-state index contributed by atoms with van der Waals surface area (Å²) in [4.78, 5) is 19.1. The summed E-state index contributed by atoms with van der Waals surface area (Å²) < 4.78 is 0. The fraction of sp³-hybridized carbons (Fsp3) is 0.280. The predicted molar refractivity (Wildman–Crippen MR) is 115 cm³/mol. The minimum Gasteiger partial charge on any atom is -0.341 e. The van der Waals surface area contributed by atoms with Crippen molar-refractivity contribution < 1.29 is 4.79 Å². The number of carbonyl (C=O) groups excluding carboxylic acids is 1. The number of nitrogens with zero attached hydrogens (tertiary/aromatic N) is 2. The Morgan fingerprint density at radius 2 is 1.83 bits per heavy atom. The highest BCUT2D eigenvalue weighted by atomic mass is 16.2. The van der Waals surface area contributed by atoms with Crippen LogP contribution >= 0.6 is 0 Å². The van der Waals surface area contributed by atoms with Crippen molar-refractivity contribution >= 4 is 5.91 Å². The van der Waals surface area contributed by atoms with E-state index in [-0.39, 0.29) is 11.8 Å². The van der Waals surface area contributed by atoms with Gasteiger partial charge in [-0.1, -0.05) is 48.5 Å². The number of carbonyl (C=O) groups is 1. The molecule has 1 aliphatic heterocycles. The van der Waals surface area contributed by atoms with E-state index in [9.17, 15) is 4.79 Å². The molecule has 148 valence electrons. The standard InChI is InChI=1S/C25H27N3O/c1-28(18-19-5-3-2-4-6-19)25(29)16-24(21-10-12-26-13-11-21)22-8-7-20-9-14-27-17-23(20)15-22/h2-8,10-13,15,24,27H,9,14,16-18H2,1H3/t24-/m1/s1. The summed E-state index contributed by atoms with van der Waals surface area (Å²) in [6, 6.07) is 20.9. The van der Waals surface area contributed by atoms with E-state index in [0.717, 1.165) is 30.6 Å². The molecular weight excluding hydrogens is 358 g/mol. The average Bonchev–Trinajstić information content (AvgIpc) is 2.78. The second kappa shape index (κ2) is 9.01. The minimum atomic E-state index is 0.0240. The van der Waals surface area contributed by atoms with Gasteiger partial charge >= 0.3 is 0 Å². The number of pyridine rings is 1. The predicted octanol–water partition coefficient (Wildman–Crippen LogP) is 3.91. The fourth-order valence-corrected chi connectivity index (χ4v) is 4.02. The van der Waals surface area contributed by atoms with Gasteiger partial charge < -0.3 is 10.2 Å². The molecule has 0 aliphatic carbocycles. The van der Waals surface area contributed by atoms with Gasteiger partial charge in [0.15, 0.2) is 0 Å². The first-order valence-electron chi connectivity index (χ1n) is 10.2. The van der Waals surface area contributed by atoms with Gasteiger partial charge in [-0.25, -0.2) is 0 Å². The van der Waals surface area contributed by atoms with Crippen molar-refractivity contribution in [1.82, 2.24) is 15.2 Å². The van der Waals surface area contributed by atoms with Crippen LogP contribution in [-0.2, 0) is 24.3 Å². The van der Waals surface area contributed by atoms with Crippen molar-refractivity contribution in [2.24, 2.45) is 0 Å². The smallest absolute Gasteiger partial charge is 0.223 e. The molecule has 1 N–H and O–H groups in total. The van der Waals surface area contributed by atoms with Gasteiger partial charge in [0, 0.05) is 44.9 Å². The Bertz CT molecular complexity index is 956. The molecular formula is C25H27N3O. The number of aromatic nitrogens is 1. The first-order chi connectivity index (χ1) is 14.2. The van der Waals surface area contributed by atoms with Crippen molar-refractivity contribution in [1.29, 1.82) is 0 Å². The lowest BCUT2D eigenvalue weighted by atomic mass is 9.86. The number of hydrogen-bond acceptors (Lipinski definition) is 3. The van der Waals surface area contributed by atoms with E-state index in [1.807, 2.05) is 42.3 Å². The van der Waals surface area contributed by atoms with Gasteiger partial charge in [-0.2, -0.15) is 0 Å². The number of nitrogens with one attached hydrogen (secondary N) is 1. The Labute approximate surface area is 172 Å². The quantitative estimate of drug-likeness (QED) is 0.700. The molecule has 1 amide bonds. The van der Waals surface area contributed by atoms with Crippen LogP contribution in [0.1, 0.15) is 40.2 Å². The maximum absolute atomic E-state index is 13.1. The van der Waals surface area contributed by atoms with Gasteiger partial charge in [0.05, 0.1) is 0 Å². The Hall–Kier alpha value is -2.98. The molecule has 4 heteroatoms. The lowest BCUT2D eigenvalue weighted by molar-refractivity contribution is -0.130. The molecule has 0 unspecified atom stereocenters. The van der Waals surface area contributed by atoms with Gasteiger partial charge in [-0.3, -0.25) is 9.78 Å². The minimum absolute atomic E-state index is 0.0240. The van der Waals surface area contributed by atoms with E-state index < -0.39 is 0 Å². The van der Waals surface area contributed by atoms with Gasteiger partial charge in [0.2, 0.25) is 5.91 Å². The van der Waals surface area contributed by atoms with Crippen LogP contribution in [0.2, 0.25) is 0 Å². The van der Waals surface area contributed by atoms with Crippen LogP contribution < -0.4 is 5.32 Å². The van der Waals surface area contributed by atoms with Gasteiger partial charge in [-0.15, -0.1) is 0 Å². The second-order valence-corrected chi connectivity index (χ2v) is 7.73. The topological polar surface area (TPSA) is 45.2 Å². The van der Waals surface area contributed by atoms with Crippen LogP contribution in [0, 0.1) is 0 Å². The molecule has 0 saturated heterocycles. The normalized spacial score (nSPS) is 14.1. The fourth-order valence-electron chi connectivity index (χ4n) is 4.02. The SMILES string of the molecule is CN(Cc1ccccc1)C(=O)C[C@H](c1ccncc1)c1ccc2c(c1)CNCC2. The molecule has 1 aliphatic rings. The molecule has 2 heterocycles. The zero-order chi connectivity index (χ0) is 20.1. The third-order valence-electron chi connectivity index (χ3n) is 5.69. The van der Waals surface area contributed by atoms with Crippen LogP contribution in [0.4, 0.5) is 0 Å². The molecule has 4 nitrogen and oxygen atoms in total. The molecule has 3 aromatic rings. The van der Waals surface area contributed by atoms with E-state index in [4.69, 9.17) is 0 Å². The van der Waals surface area contributed by atoms with E-state index in [1.54, 1.807) is 12.4 Å². The highest BCUT2D eigenvalue weighted by molar-refractivity contribution is 5.77.